The minimum Gasteiger partial charge on any atom is -0.467 e. The molecule has 1 aliphatic rings. The van der Waals surface area contributed by atoms with Crippen LogP contribution in [0.3, 0.4) is 0 Å². The Morgan fingerprint density at radius 2 is 1.79 bits per heavy atom. The van der Waals surface area contributed by atoms with Crippen LogP contribution in [0.1, 0.15) is 34.5 Å². The molecule has 4 rings (SSSR count). The van der Waals surface area contributed by atoms with E-state index in [1.165, 1.54) is 5.56 Å². The summed E-state index contributed by atoms with van der Waals surface area (Å²) in [5, 5.41) is 5.74. The second-order valence-corrected chi connectivity index (χ2v) is 7.01. The Bertz CT molecular complexity index is 981. The number of carbonyl (C=O) groups excluding carboxylic acids is 2. The third-order valence-corrected chi connectivity index (χ3v) is 5.01. The number of amides is 3. The number of nitrogens with one attached hydrogen (secondary N) is 2. The summed E-state index contributed by atoms with van der Waals surface area (Å²) in [6.07, 6.45) is 4.60. The van der Waals surface area contributed by atoms with Gasteiger partial charge in [0.1, 0.15) is 5.76 Å². The number of hydrogen-bond donors (Lipinski definition) is 2. The molecule has 0 radical (unpaired) electrons. The monoisotopic (exact) mass is 389 g/mol. The van der Waals surface area contributed by atoms with Crippen LogP contribution in [-0.2, 0) is 13.0 Å². The summed E-state index contributed by atoms with van der Waals surface area (Å²) >= 11 is 0. The van der Waals surface area contributed by atoms with Crippen LogP contribution in [0, 0.1) is 0 Å². The largest absolute Gasteiger partial charge is 0.467 e. The molecule has 0 saturated heterocycles. The normalized spacial score (nSPS) is 13.3. The van der Waals surface area contributed by atoms with Crippen molar-refractivity contribution >= 4 is 23.3 Å². The highest BCUT2D eigenvalue weighted by molar-refractivity contribution is 6.02. The average Bonchev–Trinajstić information content (AvgIpc) is 3.17. The Hall–Kier alpha value is -3.54. The van der Waals surface area contributed by atoms with Gasteiger partial charge in [-0.1, -0.05) is 18.2 Å². The van der Waals surface area contributed by atoms with Crippen molar-refractivity contribution in [3.63, 3.8) is 0 Å². The fraction of sp³-hybridized carbons (Fsp3) is 0.217. The van der Waals surface area contributed by atoms with Crippen molar-refractivity contribution in [2.24, 2.45) is 0 Å². The van der Waals surface area contributed by atoms with E-state index in [9.17, 15) is 9.59 Å². The summed E-state index contributed by atoms with van der Waals surface area (Å²) in [6.45, 7) is 1.02. The fourth-order valence-electron chi connectivity index (χ4n) is 3.48. The molecule has 0 saturated carbocycles. The minimum absolute atomic E-state index is 0.158. The average molecular weight is 389 g/mol. The van der Waals surface area contributed by atoms with Crippen LogP contribution in [0.4, 0.5) is 16.2 Å². The summed E-state index contributed by atoms with van der Waals surface area (Å²) in [5.41, 5.74) is 3.34. The van der Waals surface area contributed by atoms with Crippen LogP contribution >= 0.6 is 0 Å². The van der Waals surface area contributed by atoms with Gasteiger partial charge in [-0.15, -0.1) is 0 Å². The summed E-state index contributed by atoms with van der Waals surface area (Å²) in [6, 6.07) is 18.3. The molecule has 0 atom stereocenters. The quantitative estimate of drug-likeness (QED) is 0.686. The number of carbonyl (C=O) groups is 2. The Morgan fingerprint density at radius 3 is 2.59 bits per heavy atom. The summed E-state index contributed by atoms with van der Waals surface area (Å²) in [7, 11) is 0. The van der Waals surface area contributed by atoms with E-state index in [0.29, 0.717) is 30.1 Å². The number of furan rings is 1. The molecule has 2 aromatic carbocycles. The molecule has 1 aliphatic heterocycles. The van der Waals surface area contributed by atoms with Crippen LogP contribution in [0.15, 0.2) is 71.3 Å². The van der Waals surface area contributed by atoms with Gasteiger partial charge in [0.15, 0.2) is 0 Å². The van der Waals surface area contributed by atoms with Crippen molar-refractivity contribution in [3.8, 4) is 0 Å². The van der Waals surface area contributed by atoms with Crippen LogP contribution in [0.5, 0.6) is 0 Å². The third-order valence-electron chi connectivity index (χ3n) is 5.01. The molecule has 0 unspecified atom stereocenters. The highest BCUT2D eigenvalue weighted by atomic mass is 16.3. The Labute approximate surface area is 169 Å². The molecule has 148 valence electrons. The number of hydrogen-bond acceptors (Lipinski definition) is 3. The highest BCUT2D eigenvalue weighted by Crippen LogP contribution is 2.26. The molecular weight excluding hydrogens is 366 g/mol. The lowest BCUT2D eigenvalue weighted by molar-refractivity contribution is 0.0948. The predicted octanol–water partition coefficient (Wildman–Crippen LogP) is 4.58. The van der Waals surface area contributed by atoms with Crippen molar-refractivity contribution < 1.29 is 14.0 Å². The Kier molecular flexibility index (Phi) is 5.61. The highest BCUT2D eigenvalue weighted by Gasteiger charge is 2.21. The van der Waals surface area contributed by atoms with Gasteiger partial charge >= 0.3 is 6.03 Å². The van der Waals surface area contributed by atoms with Gasteiger partial charge in [-0.2, -0.15) is 0 Å². The first kappa shape index (κ1) is 18.8. The lowest BCUT2D eigenvalue weighted by Gasteiger charge is -2.23. The number of fused-ring (bicyclic) bond motifs is 1. The number of para-hydroxylation sites is 1. The topological polar surface area (TPSA) is 74.6 Å². The third kappa shape index (κ3) is 4.48. The standard InChI is InChI=1S/C23H23N3O3/c27-22(24-16-20-8-5-15-29-20)18-10-12-19(13-11-18)25-23(28)26-14-4-3-7-17-6-1-2-9-21(17)26/h1-2,5-6,8-13,15H,3-4,7,14,16H2,(H,24,27)(H,25,28). The number of nitrogens with zero attached hydrogens (tertiary/aromatic N) is 1. The van der Waals surface area contributed by atoms with Gasteiger partial charge in [-0.25, -0.2) is 4.79 Å². The maximum Gasteiger partial charge on any atom is 0.326 e. The minimum atomic E-state index is -0.194. The van der Waals surface area contributed by atoms with Crippen molar-refractivity contribution in [3.05, 3.63) is 83.8 Å². The Morgan fingerprint density at radius 1 is 0.966 bits per heavy atom. The van der Waals surface area contributed by atoms with Crippen molar-refractivity contribution in [1.82, 2.24) is 5.32 Å². The van der Waals surface area contributed by atoms with E-state index < -0.39 is 0 Å². The molecule has 2 N–H and O–H groups in total. The molecule has 3 amide bonds. The van der Waals surface area contributed by atoms with E-state index >= 15 is 0 Å². The molecule has 0 aliphatic carbocycles. The van der Waals surface area contributed by atoms with Crippen LogP contribution in [0.2, 0.25) is 0 Å². The second-order valence-electron chi connectivity index (χ2n) is 7.01. The first-order valence-electron chi connectivity index (χ1n) is 9.78. The number of urea groups is 1. The lowest BCUT2D eigenvalue weighted by Crippen LogP contribution is -2.35. The lowest BCUT2D eigenvalue weighted by atomic mass is 10.1. The van der Waals surface area contributed by atoms with E-state index in [1.807, 2.05) is 18.2 Å². The first-order valence-corrected chi connectivity index (χ1v) is 9.78. The molecule has 6 heteroatoms. The second kappa shape index (κ2) is 8.65. The van der Waals surface area contributed by atoms with Gasteiger partial charge < -0.3 is 15.1 Å². The number of rotatable bonds is 4. The summed E-state index contributed by atoms with van der Waals surface area (Å²) in [5.74, 6) is 0.501. The van der Waals surface area contributed by atoms with Gasteiger partial charge in [0.25, 0.3) is 5.91 Å². The zero-order valence-corrected chi connectivity index (χ0v) is 16.1. The molecule has 2 heterocycles. The van der Waals surface area contributed by atoms with Crippen LogP contribution in [0.25, 0.3) is 0 Å². The Balaban J connectivity index is 1.39. The SMILES string of the molecule is O=C(NCc1ccco1)c1ccc(NC(=O)N2CCCCc3ccccc32)cc1. The zero-order valence-electron chi connectivity index (χ0n) is 16.1. The number of aryl methyl sites for hydroxylation is 1. The first-order chi connectivity index (χ1) is 14.2. The number of benzene rings is 2. The molecule has 0 spiro atoms. The maximum absolute atomic E-state index is 12.9. The maximum atomic E-state index is 12.9. The van der Waals surface area contributed by atoms with E-state index in [0.717, 1.165) is 24.9 Å². The smallest absolute Gasteiger partial charge is 0.326 e. The van der Waals surface area contributed by atoms with E-state index in [4.69, 9.17) is 4.42 Å². The van der Waals surface area contributed by atoms with Gasteiger partial charge in [0.05, 0.1) is 12.8 Å². The van der Waals surface area contributed by atoms with Crippen molar-refractivity contribution in [1.29, 1.82) is 0 Å². The van der Waals surface area contributed by atoms with E-state index in [2.05, 4.69) is 16.7 Å². The summed E-state index contributed by atoms with van der Waals surface area (Å²) < 4.78 is 5.21. The molecule has 6 nitrogen and oxygen atoms in total. The molecule has 1 aromatic heterocycles. The molecule has 0 bridgehead atoms. The fourth-order valence-corrected chi connectivity index (χ4v) is 3.48. The predicted molar refractivity (Wildman–Crippen MR) is 112 cm³/mol. The van der Waals surface area contributed by atoms with Gasteiger partial charge in [-0.05, 0) is 67.3 Å². The van der Waals surface area contributed by atoms with Crippen LogP contribution in [-0.4, -0.2) is 18.5 Å². The van der Waals surface area contributed by atoms with E-state index in [-0.39, 0.29) is 11.9 Å². The number of anilines is 2. The molecule has 0 fully saturated rings. The molecular formula is C23H23N3O3. The summed E-state index contributed by atoms with van der Waals surface area (Å²) in [4.78, 5) is 26.9. The van der Waals surface area contributed by atoms with Crippen molar-refractivity contribution in [2.75, 3.05) is 16.8 Å². The zero-order chi connectivity index (χ0) is 20.1. The van der Waals surface area contributed by atoms with Crippen LogP contribution < -0.4 is 15.5 Å². The molecule has 29 heavy (non-hydrogen) atoms. The molecule has 3 aromatic rings. The van der Waals surface area contributed by atoms with Gasteiger partial charge in [-0.3, -0.25) is 9.69 Å². The van der Waals surface area contributed by atoms with Gasteiger partial charge in [0, 0.05) is 23.5 Å². The van der Waals surface area contributed by atoms with Crippen molar-refractivity contribution in [2.45, 2.75) is 25.8 Å². The van der Waals surface area contributed by atoms with Gasteiger partial charge in [0.2, 0.25) is 0 Å². The van der Waals surface area contributed by atoms with E-state index in [1.54, 1.807) is 47.6 Å².